The quantitative estimate of drug-likeness (QED) is 0.764. The smallest absolute Gasteiger partial charge is 0.345 e. The van der Waals surface area contributed by atoms with Crippen LogP contribution >= 0.6 is 0 Å². The van der Waals surface area contributed by atoms with Crippen LogP contribution in [-0.4, -0.2) is 26.8 Å². The standard InChI is InChI=1S/C19H17F3N4O/c20-19(21,22)13-8-9-16-24-25-17(26(16)11-13)10-23-18(27)15-7-3-5-12-4-1-2-6-14(12)15/h1-7,13H,8-11H2,(H,23,27). The lowest BCUT2D eigenvalue weighted by atomic mass is 9.99. The predicted molar refractivity (Wildman–Crippen MR) is 93.0 cm³/mol. The summed E-state index contributed by atoms with van der Waals surface area (Å²) in [5.41, 5.74) is 0.514. The third-order valence-corrected chi connectivity index (χ3v) is 4.93. The molecule has 1 amide bonds. The Morgan fingerprint density at radius 1 is 1.15 bits per heavy atom. The minimum absolute atomic E-state index is 0.0179. The predicted octanol–water partition coefficient (Wildman–Crippen LogP) is 3.49. The largest absolute Gasteiger partial charge is 0.393 e. The SMILES string of the molecule is O=C(NCc1nnc2n1CC(C(F)(F)F)CC2)c1cccc2ccccc12. The number of rotatable bonds is 3. The van der Waals surface area contributed by atoms with Gasteiger partial charge in [0.25, 0.3) is 5.91 Å². The molecule has 4 rings (SSSR count). The number of halogens is 3. The van der Waals surface area contributed by atoms with Crippen molar-refractivity contribution < 1.29 is 18.0 Å². The molecule has 0 radical (unpaired) electrons. The molecule has 1 N–H and O–H groups in total. The molecule has 1 aromatic heterocycles. The van der Waals surface area contributed by atoms with E-state index in [1.165, 1.54) is 4.57 Å². The molecule has 8 heteroatoms. The topological polar surface area (TPSA) is 59.8 Å². The fraction of sp³-hybridized carbons (Fsp3) is 0.316. The number of carbonyl (C=O) groups excluding carboxylic acids is 1. The highest BCUT2D eigenvalue weighted by Gasteiger charge is 2.42. The van der Waals surface area contributed by atoms with Crippen LogP contribution in [0.25, 0.3) is 10.8 Å². The third kappa shape index (κ3) is 3.39. The van der Waals surface area contributed by atoms with Crippen LogP contribution in [-0.2, 0) is 19.5 Å². The van der Waals surface area contributed by atoms with E-state index in [1.807, 2.05) is 30.3 Å². The number of nitrogens with zero attached hydrogens (tertiary/aromatic N) is 3. The van der Waals surface area contributed by atoms with Gasteiger partial charge in [0.15, 0.2) is 5.82 Å². The van der Waals surface area contributed by atoms with Gasteiger partial charge in [-0.3, -0.25) is 4.79 Å². The molecule has 0 aliphatic carbocycles. The lowest BCUT2D eigenvalue weighted by Crippen LogP contribution is -2.34. The van der Waals surface area contributed by atoms with Gasteiger partial charge in [-0.1, -0.05) is 36.4 Å². The van der Waals surface area contributed by atoms with E-state index in [-0.39, 0.29) is 31.8 Å². The number of hydrogen-bond acceptors (Lipinski definition) is 3. The van der Waals surface area contributed by atoms with Crippen LogP contribution in [0.3, 0.4) is 0 Å². The minimum atomic E-state index is -4.24. The van der Waals surface area contributed by atoms with Crippen molar-refractivity contribution in [3.8, 4) is 0 Å². The number of fused-ring (bicyclic) bond motifs is 2. The van der Waals surface area contributed by atoms with Crippen molar-refractivity contribution in [2.45, 2.75) is 32.1 Å². The van der Waals surface area contributed by atoms with E-state index in [2.05, 4.69) is 15.5 Å². The normalized spacial score (nSPS) is 16.9. The van der Waals surface area contributed by atoms with Crippen LogP contribution < -0.4 is 5.32 Å². The Morgan fingerprint density at radius 2 is 1.93 bits per heavy atom. The molecule has 3 aromatic rings. The van der Waals surface area contributed by atoms with Gasteiger partial charge >= 0.3 is 6.18 Å². The fourth-order valence-electron chi connectivity index (χ4n) is 3.46. The highest BCUT2D eigenvalue weighted by atomic mass is 19.4. The molecule has 1 aliphatic heterocycles. The average Bonchev–Trinajstić information content (AvgIpc) is 3.07. The first-order chi connectivity index (χ1) is 12.9. The summed E-state index contributed by atoms with van der Waals surface area (Å²) >= 11 is 0. The Hall–Kier alpha value is -2.90. The van der Waals surface area contributed by atoms with Crippen LogP contribution in [0.15, 0.2) is 42.5 Å². The van der Waals surface area contributed by atoms with Crippen molar-refractivity contribution in [1.82, 2.24) is 20.1 Å². The molecule has 1 aliphatic rings. The molecule has 1 unspecified atom stereocenters. The van der Waals surface area contributed by atoms with Gasteiger partial charge in [0.05, 0.1) is 12.5 Å². The zero-order chi connectivity index (χ0) is 19.0. The molecule has 0 bridgehead atoms. The number of hydrogen-bond donors (Lipinski definition) is 1. The Kier molecular flexibility index (Phi) is 4.33. The van der Waals surface area contributed by atoms with Crippen LogP contribution in [0.4, 0.5) is 13.2 Å². The lowest BCUT2D eigenvalue weighted by molar-refractivity contribution is -0.182. The van der Waals surface area contributed by atoms with E-state index in [1.54, 1.807) is 12.1 Å². The van der Waals surface area contributed by atoms with E-state index in [0.29, 0.717) is 17.2 Å². The first-order valence-corrected chi connectivity index (χ1v) is 8.67. The molecule has 27 heavy (non-hydrogen) atoms. The van der Waals surface area contributed by atoms with Crippen molar-refractivity contribution >= 4 is 16.7 Å². The van der Waals surface area contributed by atoms with Gasteiger partial charge in [0.2, 0.25) is 0 Å². The maximum absolute atomic E-state index is 13.0. The fourth-order valence-corrected chi connectivity index (χ4v) is 3.46. The van der Waals surface area contributed by atoms with E-state index >= 15 is 0 Å². The van der Waals surface area contributed by atoms with Crippen molar-refractivity contribution in [3.05, 3.63) is 59.7 Å². The molecular formula is C19H17F3N4O. The van der Waals surface area contributed by atoms with Gasteiger partial charge in [0, 0.05) is 18.5 Å². The first kappa shape index (κ1) is 17.5. The summed E-state index contributed by atoms with van der Waals surface area (Å²) in [7, 11) is 0. The Balaban J connectivity index is 1.52. The molecular weight excluding hydrogens is 357 g/mol. The van der Waals surface area contributed by atoms with Gasteiger partial charge in [0.1, 0.15) is 5.82 Å². The molecule has 0 saturated heterocycles. The van der Waals surface area contributed by atoms with E-state index in [4.69, 9.17) is 0 Å². The number of aromatic nitrogens is 3. The van der Waals surface area contributed by atoms with E-state index < -0.39 is 12.1 Å². The van der Waals surface area contributed by atoms with Crippen molar-refractivity contribution in [3.63, 3.8) is 0 Å². The summed E-state index contributed by atoms with van der Waals surface area (Å²) < 4.78 is 40.6. The molecule has 2 aromatic carbocycles. The van der Waals surface area contributed by atoms with Crippen LogP contribution in [0, 0.1) is 5.92 Å². The number of aryl methyl sites for hydroxylation is 1. The second-order valence-corrected chi connectivity index (χ2v) is 6.63. The maximum atomic E-state index is 13.0. The molecule has 0 saturated carbocycles. The van der Waals surface area contributed by atoms with Gasteiger partial charge < -0.3 is 9.88 Å². The van der Waals surface area contributed by atoms with Crippen LogP contribution in [0.2, 0.25) is 0 Å². The highest BCUT2D eigenvalue weighted by molar-refractivity contribution is 6.06. The maximum Gasteiger partial charge on any atom is 0.393 e. The average molecular weight is 374 g/mol. The van der Waals surface area contributed by atoms with Gasteiger partial charge in [-0.25, -0.2) is 0 Å². The Morgan fingerprint density at radius 3 is 2.74 bits per heavy atom. The number of amides is 1. The van der Waals surface area contributed by atoms with E-state index in [0.717, 1.165) is 10.8 Å². The summed E-state index contributed by atoms with van der Waals surface area (Å²) in [5, 5.41) is 12.5. The van der Waals surface area contributed by atoms with Gasteiger partial charge in [-0.2, -0.15) is 13.2 Å². The summed E-state index contributed by atoms with van der Waals surface area (Å²) in [4.78, 5) is 12.6. The van der Waals surface area contributed by atoms with Crippen LogP contribution in [0.5, 0.6) is 0 Å². The van der Waals surface area contributed by atoms with Crippen LogP contribution in [0.1, 0.15) is 28.4 Å². The number of benzene rings is 2. The number of carbonyl (C=O) groups is 1. The molecule has 1 atom stereocenters. The zero-order valence-corrected chi connectivity index (χ0v) is 14.3. The molecule has 140 valence electrons. The molecule has 0 fully saturated rings. The monoisotopic (exact) mass is 374 g/mol. The van der Waals surface area contributed by atoms with Crippen molar-refractivity contribution in [1.29, 1.82) is 0 Å². The summed E-state index contributed by atoms with van der Waals surface area (Å²) in [5.74, 6) is -0.835. The number of alkyl halides is 3. The third-order valence-electron chi connectivity index (χ3n) is 4.93. The second kappa shape index (κ2) is 6.68. The van der Waals surface area contributed by atoms with Crippen molar-refractivity contribution in [2.24, 2.45) is 5.92 Å². The first-order valence-electron chi connectivity index (χ1n) is 8.67. The molecule has 2 heterocycles. The zero-order valence-electron chi connectivity index (χ0n) is 14.3. The molecule has 0 spiro atoms. The van der Waals surface area contributed by atoms with Gasteiger partial charge in [-0.15, -0.1) is 10.2 Å². The lowest BCUT2D eigenvalue weighted by Gasteiger charge is -2.26. The number of nitrogens with one attached hydrogen (secondary N) is 1. The Bertz CT molecular complexity index is 991. The van der Waals surface area contributed by atoms with Crippen molar-refractivity contribution in [2.75, 3.05) is 0 Å². The summed E-state index contributed by atoms with van der Waals surface area (Å²) in [6.07, 6.45) is -4.00. The summed E-state index contributed by atoms with van der Waals surface area (Å²) in [6, 6.07) is 12.9. The Labute approximate surface area is 153 Å². The second-order valence-electron chi connectivity index (χ2n) is 6.63. The molecule has 5 nitrogen and oxygen atoms in total. The summed E-state index contributed by atoms with van der Waals surface area (Å²) in [6.45, 7) is -0.176. The highest BCUT2D eigenvalue weighted by Crippen LogP contribution is 2.34. The minimum Gasteiger partial charge on any atom is -0.345 e. The van der Waals surface area contributed by atoms with E-state index in [9.17, 15) is 18.0 Å². The van der Waals surface area contributed by atoms with Gasteiger partial charge in [-0.05, 0) is 23.3 Å².